The second kappa shape index (κ2) is 5.54. The molecule has 0 radical (unpaired) electrons. The fraction of sp³-hybridized carbons (Fsp3) is 0.773. The lowest BCUT2D eigenvalue weighted by Gasteiger charge is -2.70. The molecule has 154 valence electrons. The van der Waals surface area contributed by atoms with Crippen molar-refractivity contribution in [1.82, 2.24) is 0 Å². The molecule has 0 aromatic heterocycles. The molecular weight excluding hydrogens is 360 g/mol. The van der Waals surface area contributed by atoms with Gasteiger partial charge in [0.25, 0.3) is 0 Å². The molecule has 0 bridgehead atoms. The lowest BCUT2D eigenvalue weighted by atomic mass is 9.34. The standard InChI is InChI=1S/C22H30O6/c1-9-15(24)12-13(16(9)25)19(28-10(2)23)21(5)8-7-11-14(18(27)20(11,3)4)22(21,6)17(12)26/h9,11,14-15,18-19,24,27H,7-8H2,1-6H3/t9-,11-,14-,15-,18+,19-,21+,22+/m0/s1. The van der Waals surface area contributed by atoms with Crippen LogP contribution in [0.1, 0.15) is 54.4 Å². The van der Waals surface area contributed by atoms with Gasteiger partial charge in [-0.05, 0) is 24.2 Å². The van der Waals surface area contributed by atoms with Crippen molar-refractivity contribution in [3.05, 3.63) is 11.1 Å². The minimum absolute atomic E-state index is 0.0984. The van der Waals surface area contributed by atoms with Gasteiger partial charge >= 0.3 is 5.97 Å². The smallest absolute Gasteiger partial charge is 0.303 e. The zero-order valence-corrected chi connectivity index (χ0v) is 17.4. The van der Waals surface area contributed by atoms with E-state index < -0.39 is 41.0 Å². The molecule has 2 saturated carbocycles. The van der Waals surface area contributed by atoms with E-state index in [4.69, 9.17) is 4.74 Å². The summed E-state index contributed by atoms with van der Waals surface area (Å²) in [5.74, 6) is -1.97. The molecule has 4 aliphatic carbocycles. The first-order valence-corrected chi connectivity index (χ1v) is 10.2. The van der Waals surface area contributed by atoms with Crippen molar-refractivity contribution >= 4 is 17.5 Å². The highest BCUT2D eigenvalue weighted by atomic mass is 16.5. The van der Waals surface area contributed by atoms with Crippen molar-refractivity contribution in [1.29, 1.82) is 0 Å². The Hall–Kier alpha value is -1.53. The van der Waals surface area contributed by atoms with Crippen molar-refractivity contribution < 1.29 is 29.3 Å². The molecule has 2 fully saturated rings. The maximum absolute atomic E-state index is 13.8. The fourth-order valence-electron chi connectivity index (χ4n) is 6.84. The summed E-state index contributed by atoms with van der Waals surface area (Å²) in [6, 6.07) is 0. The third-order valence-electron chi connectivity index (χ3n) is 8.90. The molecule has 0 aromatic carbocycles. The van der Waals surface area contributed by atoms with Gasteiger partial charge in [0, 0.05) is 40.7 Å². The van der Waals surface area contributed by atoms with Crippen LogP contribution in [0.25, 0.3) is 0 Å². The summed E-state index contributed by atoms with van der Waals surface area (Å²) in [5.41, 5.74) is -1.85. The SMILES string of the molecule is CC(=O)O[C@H]1C2=C(C(=O)[C@@]3(C)[C@@H]4[C@@H](O)C(C)(C)[C@H]4CC[C@]13C)[C@@H](O)[C@H](C)C2=O. The number of ether oxygens (including phenoxy) is 1. The van der Waals surface area contributed by atoms with Crippen molar-refractivity contribution in [2.45, 2.75) is 72.7 Å². The molecule has 8 atom stereocenters. The maximum atomic E-state index is 13.8. The normalized spacial score (nSPS) is 49.1. The van der Waals surface area contributed by atoms with Gasteiger partial charge in [0.05, 0.1) is 12.2 Å². The summed E-state index contributed by atoms with van der Waals surface area (Å²) in [7, 11) is 0. The summed E-state index contributed by atoms with van der Waals surface area (Å²) >= 11 is 0. The number of hydrogen-bond acceptors (Lipinski definition) is 6. The number of aliphatic hydroxyl groups excluding tert-OH is 2. The van der Waals surface area contributed by atoms with Gasteiger partial charge in [0.2, 0.25) is 0 Å². The van der Waals surface area contributed by atoms with Crippen LogP contribution in [0.4, 0.5) is 0 Å². The molecule has 28 heavy (non-hydrogen) atoms. The van der Waals surface area contributed by atoms with Crippen LogP contribution in [-0.2, 0) is 19.1 Å². The number of hydrogen-bond donors (Lipinski definition) is 2. The Balaban J connectivity index is 1.94. The molecule has 0 amide bonds. The van der Waals surface area contributed by atoms with E-state index in [0.29, 0.717) is 6.42 Å². The Morgan fingerprint density at radius 1 is 1.11 bits per heavy atom. The van der Waals surface area contributed by atoms with Gasteiger partial charge in [-0.3, -0.25) is 14.4 Å². The van der Waals surface area contributed by atoms with Crippen LogP contribution in [0, 0.1) is 34.0 Å². The quantitative estimate of drug-likeness (QED) is 0.663. The summed E-state index contributed by atoms with van der Waals surface area (Å²) in [6.07, 6.45) is -1.34. The zero-order valence-electron chi connectivity index (χ0n) is 17.4. The van der Waals surface area contributed by atoms with E-state index in [1.807, 2.05) is 27.7 Å². The van der Waals surface area contributed by atoms with Crippen molar-refractivity contribution in [3.63, 3.8) is 0 Å². The topological polar surface area (TPSA) is 101 Å². The van der Waals surface area contributed by atoms with Gasteiger partial charge < -0.3 is 14.9 Å². The minimum Gasteiger partial charge on any atom is -0.457 e. The van der Waals surface area contributed by atoms with Gasteiger partial charge in [-0.25, -0.2) is 0 Å². The van der Waals surface area contributed by atoms with Gasteiger partial charge in [-0.1, -0.05) is 34.6 Å². The lowest BCUT2D eigenvalue weighted by molar-refractivity contribution is -0.264. The van der Waals surface area contributed by atoms with E-state index in [2.05, 4.69) is 0 Å². The minimum atomic E-state index is -1.19. The van der Waals surface area contributed by atoms with Crippen molar-refractivity contribution in [3.8, 4) is 0 Å². The van der Waals surface area contributed by atoms with Gasteiger partial charge in [-0.2, -0.15) is 0 Å². The molecular formula is C22H30O6. The number of ketones is 2. The van der Waals surface area contributed by atoms with Crippen LogP contribution < -0.4 is 0 Å². The van der Waals surface area contributed by atoms with Crippen LogP contribution in [0.15, 0.2) is 11.1 Å². The van der Waals surface area contributed by atoms with E-state index in [1.54, 1.807) is 6.92 Å². The highest BCUT2D eigenvalue weighted by molar-refractivity contribution is 6.16. The third-order valence-corrected chi connectivity index (χ3v) is 8.90. The second-order valence-corrected chi connectivity index (χ2v) is 10.3. The molecule has 0 heterocycles. The largest absolute Gasteiger partial charge is 0.457 e. The molecule has 0 unspecified atom stereocenters. The molecule has 0 saturated heterocycles. The average Bonchev–Trinajstić information content (AvgIpc) is 2.83. The third kappa shape index (κ3) is 1.93. The molecule has 0 spiro atoms. The van der Waals surface area contributed by atoms with Gasteiger partial charge in [-0.15, -0.1) is 0 Å². The monoisotopic (exact) mass is 390 g/mol. The number of esters is 1. The number of fused-ring (bicyclic) bond motifs is 3. The second-order valence-electron chi connectivity index (χ2n) is 10.3. The fourth-order valence-corrected chi connectivity index (χ4v) is 6.84. The maximum Gasteiger partial charge on any atom is 0.303 e. The van der Waals surface area contributed by atoms with E-state index in [1.165, 1.54) is 6.92 Å². The molecule has 6 heteroatoms. The summed E-state index contributed by atoms with van der Waals surface area (Å²) in [5, 5.41) is 21.7. The number of carbonyl (C=O) groups is 3. The van der Waals surface area contributed by atoms with Crippen molar-refractivity contribution in [2.75, 3.05) is 0 Å². The molecule has 0 aliphatic heterocycles. The summed E-state index contributed by atoms with van der Waals surface area (Å²) in [4.78, 5) is 38.7. The first-order chi connectivity index (χ1) is 12.8. The Morgan fingerprint density at radius 2 is 1.71 bits per heavy atom. The van der Waals surface area contributed by atoms with Crippen LogP contribution >= 0.6 is 0 Å². The van der Waals surface area contributed by atoms with Crippen LogP contribution in [-0.4, -0.2) is 46.1 Å². The molecule has 4 aliphatic rings. The van der Waals surface area contributed by atoms with Gasteiger partial charge in [0.1, 0.15) is 6.10 Å². The number of carbonyl (C=O) groups excluding carboxylic acids is 3. The number of Topliss-reactive ketones (excluding diaryl/α,β-unsaturated/α-hetero) is 2. The molecule has 6 nitrogen and oxygen atoms in total. The molecule has 0 aromatic rings. The summed E-state index contributed by atoms with van der Waals surface area (Å²) in [6.45, 7) is 10.7. The predicted octanol–water partition coefficient (Wildman–Crippen LogP) is 1.82. The Morgan fingerprint density at radius 3 is 2.29 bits per heavy atom. The first-order valence-electron chi connectivity index (χ1n) is 10.2. The predicted molar refractivity (Wildman–Crippen MR) is 100.0 cm³/mol. The molecule has 4 rings (SSSR count). The lowest BCUT2D eigenvalue weighted by Crippen LogP contribution is -2.74. The highest BCUT2D eigenvalue weighted by Crippen LogP contribution is 2.72. The highest BCUT2D eigenvalue weighted by Gasteiger charge is 2.75. The van der Waals surface area contributed by atoms with E-state index in [-0.39, 0.29) is 40.0 Å². The number of aliphatic hydroxyl groups is 2. The van der Waals surface area contributed by atoms with Crippen molar-refractivity contribution in [2.24, 2.45) is 34.0 Å². The zero-order chi connectivity index (χ0) is 21.0. The van der Waals surface area contributed by atoms with E-state index in [9.17, 15) is 24.6 Å². The first kappa shape index (κ1) is 19.8. The van der Waals surface area contributed by atoms with Crippen LogP contribution in [0.3, 0.4) is 0 Å². The van der Waals surface area contributed by atoms with Gasteiger partial charge in [0.15, 0.2) is 11.6 Å². The Labute approximate surface area is 165 Å². The number of rotatable bonds is 1. The van der Waals surface area contributed by atoms with E-state index in [0.717, 1.165) is 6.42 Å². The summed E-state index contributed by atoms with van der Waals surface area (Å²) < 4.78 is 5.69. The van der Waals surface area contributed by atoms with E-state index >= 15 is 0 Å². The Kier molecular flexibility index (Phi) is 3.91. The molecule has 2 N–H and O–H groups in total. The Bertz CT molecular complexity index is 825. The van der Waals surface area contributed by atoms with Crippen LogP contribution in [0.5, 0.6) is 0 Å². The average molecular weight is 390 g/mol. The van der Waals surface area contributed by atoms with Crippen LogP contribution in [0.2, 0.25) is 0 Å².